The van der Waals surface area contributed by atoms with E-state index in [0.29, 0.717) is 5.88 Å². The number of para-hydroxylation sites is 1. The van der Waals surface area contributed by atoms with Crippen molar-refractivity contribution in [1.29, 1.82) is 0 Å². The molecule has 4 nitrogen and oxygen atoms in total. The molecule has 5 heteroatoms. The lowest BCUT2D eigenvalue weighted by Crippen LogP contribution is -2.24. The number of benzene rings is 1. The number of alkyl halides is 1. The predicted octanol–water partition coefficient (Wildman–Crippen LogP) is 2.88. The predicted molar refractivity (Wildman–Crippen MR) is 81.5 cm³/mol. The highest BCUT2D eigenvalue weighted by Crippen LogP contribution is 2.26. The smallest absolute Gasteiger partial charge is 0.146 e. The van der Waals surface area contributed by atoms with Gasteiger partial charge in [0, 0.05) is 13.1 Å². The first-order chi connectivity index (χ1) is 9.83. The highest BCUT2D eigenvalue weighted by atomic mass is 35.5. The molecular formula is C15H20ClN3O. The maximum Gasteiger partial charge on any atom is 0.146 e. The highest BCUT2D eigenvalue weighted by molar-refractivity contribution is 6.16. The fraction of sp³-hybridized carbons (Fsp3) is 0.533. The van der Waals surface area contributed by atoms with Crippen LogP contribution < -0.4 is 4.74 Å². The minimum atomic E-state index is 0.428. The lowest BCUT2D eigenvalue weighted by atomic mass is 10.3. The molecule has 1 aliphatic rings. The number of nitrogens with zero attached hydrogens (tertiary/aromatic N) is 3. The van der Waals surface area contributed by atoms with Gasteiger partial charge in [0.05, 0.1) is 18.5 Å². The van der Waals surface area contributed by atoms with Gasteiger partial charge in [-0.2, -0.15) is 0 Å². The Balaban J connectivity index is 1.91. The molecule has 0 unspecified atom stereocenters. The molecule has 1 aromatic heterocycles. The molecule has 0 aliphatic carbocycles. The van der Waals surface area contributed by atoms with Crippen molar-refractivity contribution >= 4 is 22.6 Å². The van der Waals surface area contributed by atoms with Crippen molar-refractivity contribution in [1.82, 2.24) is 14.5 Å². The average molecular weight is 294 g/mol. The fourth-order valence-corrected chi connectivity index (χ4v) is 3.14. The Morgan fingerprint density at radius 2 is 2.05 bits per heavy atom. The summed E-state index contributed by atoms with van der Waals surface area (Å²) in [6.45, 7) is 4.43. The van der Waals surface area contributed by atoms with Crippen LogP contribution in [0.4, 0.5) is 0 Å². The Morgan fingerprint density at radius 1 is 1.25 bits per heavy atom. The first kappa shape index (κ1) is 13.7. The maximum atomic E-state index is 6.06. The van der Waals surface area contributed by atoms with Gasteiger partial charge in [-0.1, -0.05) is 6.07 Å². The van der Waals surface area contributed by atoms with Gasteiger partial charge in [-0.25, -0.2) is 4.98 Å². The van der Waals surface area contributed by atoms with Crippen molar-refractivity contribution in [2.24, 2.45) is 0 Å². The van der Waals surface area contributed by atoms with Crippen molar-refractivity contribution in [3.8, 4) is 5.75 Å². The number of methoxy groups -OCH3 is 1. The second kappa shape index (κ2) is 6.02. The van der Waals surface area contributed by atoms with Crippen LogP contribution in [0.25, 0.3) is 11.0 Å². The Morgan fingerprint density at radius 3 is 2.75 bits per heavy atom. The summed E-state index contributed by atoms with van der Waals surface area (Å²) in [5.41, 5.74) is 2.02. The standard InChI is InChI=1S/C15H20ClN3O/c1-20-13-6-4-5-12-15(13)17-14(11-16)19(12)10-9-18-7-2-3-8-18/h4-6H,2-3,7-11H2,1H3. The summed E-state index contributed by atoms with van der Waals surface area (Å²) in [5.74, 6) is 2.16. The van der Waals surface area contributed by atoms with E-state index in [-0.39, 0.29) is 0 Å². The van der Waals surface area contributed by atoms with Crippen molar-refractivity contribution in [2.45, 2.75) is 25.3 Å². The summed E-state index contributed by atoms with van der Waals surface area (Å²) >= 11 is 6.06. The summed E-state index contributed by atoms with van der Waals surface area (Å²) in [5, 5.41) is 0. The number of likely N-dealkylation sites (tertiary alicyclic amines) is 1. The summed E-state index contributed by atoms with van der Waals surface area (Å²) in [7, 11) is 1.68. The van der Waals surface area contributed by atoms with E-state index in [0.717, 1.165) is 35.7 Å². The van der Waals surface area contributed by atoms with Crippen LogP contribution in [0, 0.1) is 0 Å². The maximum absolute atomic E-state index is 6.06. The fourth-order valence-electron chi connectivity index (χ4n) is 2.93. The van der Waals surface area contributed by atoms with Crippen LogP contribution in [-0.2, 0) is 12.4 Å². The molecule has 0 saturated carbocycles. The highest BCUT2D eigenvalue weighted by Gasteiger charge is 2.16. The number of imidazole rings is 1. The van der Waals surface area contributed by atoms with Gasteiger partial charge in [-0.05, 0) is 38.1 Å². The molecule has 1 fully saturated rings. The molecule has 1 aliphatic heterocycles. The number of fused-ring (bicyclic) bond motifs is 1. The van der Waals surface area contributed by atoms with Crippen LogP contribution in [0.15, 0.2) is 18.2 Å². The van der Waals surface area contributed by atoms with E-state index in [9.17, 15) is 0 Å². The molecule has 1 saturated heterocycles. The van der Waals surface area contributed by atoms with Crippen LogP contribution >= 0.6 is 11.6 Å². The third-order valence-corrected chi connectivity index (χ3v) is 4.24. The second-order valence-corrected chi connectivity index (χ2v) is 5.46. The molecule has 0 radical (unpaired) electrons. The molecule has 1 aromatic carbocycles. The molecule has 0 N–H and O–H groups in total. The Bertz CT molecular complexity index is 590. The lowest BCUT2D eigenvalue weighted by Gasteiger charge is -2.16. The normalized spacial score (nSPS) is 16.1. The van der Waals surface area contributed by atoms with Gasteiger partial charge in [-0.15, -0.1) is 11.6 Å². The first-order valence-electron chi connectivity index (χ1n) is 7.14. The number of ether oxygens (including phenoxy) is 1. The topological polar surface area (TPSA) is 30.3 Å². The van der Waals surface area contributed by atoms with Gasteiger partial charge < -0.3 is 14.2 Å². The van der Waals surface area contributed by atoms with E-state index in [4.69, 9.17) is 16.3 Å². The molecule has 2 heterocycles. The van der Waals surface area contributed by atoms with E-state index in [2.05, 4.69) is 20.5 Å². The quantitative estimate of drug-likeness (QED) is 0.794. The molecule has 0 atom stereocenters. The zero-order valence-corrected chi connectivity index (χ0v) is 12.6. The minimum Gasteiger partial charge on any atom is -0.494 e. The van der Waals surface area contributed by atoms with Crippen molar-refractivity contribution in [3.63, 3.8) is 0 Å². The third kappa shape index (κ3) is 2.50. The van der Waals surface area contributed by atoms with Crippen molar-refractivity contribution in [2.75, 3.05) is 26.7 Å². The number of hydrogen-bond donors (Lipinski definition) is 0. The zero-order chi connectivity index (χ0) is 13.9. The van der Waals surface area contributed by atoms with E-state index in [1.54, 1.807) is 7.11 Å². The summed E-state index contributed by atoms with van der Waals surface area (Å²) in [6.07, 6.45) is 2.64. The molecule has 0 spiro atoms. The van der Waals surface area contributed by atoms with Crippen molar-refractivity contribution in [3.05, 3.63) is 24.0 Å². The SMILES string of the molecule is COc1cccc2c1nc(CCl)n2CCN1CCCC1. The molecule has 20 heavy (non-hydrogen) atoms. The molecular weight excluding hydrogens is 274 g/mol. The number of hydrogen-bond acceptors (Lipinski definition) is 3. The van der Waals surface area contributed by atoms with Crippen LogP contribution in [0.1, 0.15) is 18.7 Å². The largest absolute Gasteiger partial charge is 0.494 e. The number of aromatic nitrogens is 2. The van der Waals surface area contributed by atoms with Gasteiger partial charge in [0.25, 0.3) is 0 Å². The summed E-state index contributed by atoms with van der Waals surface area (Å²) in [6, 6.07) is 6.04. The van der Waals surface area contributed by atoms with Crippen LogP contribution in [0.2, 0.25) is 0 Å². The monoisotopic (exact) mass is 293 g/mol. The molecule has 2 aromatic rings. The third-order valence-electron chi connectivity index (χ3n) is 4.00. The lowest BCUT2D eigenvalue weighted by molar-refractivity contribution is 0.323. The first-order valence-corrected chi connectivity index (χ1v) is 7.67. The molecule has 108 valence electrons. The van der Waals surface area contributed by atoms with Crippen LogP contribution in [0.3, 0.4) is 0 Å². The van der Waals surface area contributed by atoms with E-state index >= 15 is 0 Å². The van der Waals surface area contributed by atoms with E-state index in [1.807, 2.05) is 12.1 Å². The number of halogens is 1. The average Bonchev–Trinajstić information content (AvgIpc) is 3.11. The van der Waals surface area contributed by atoms with Crippen molar-refractivity contribution < 1.29 is 4.74 Å². The van der Waals surface area contributed by atoms with Gasteiger partial charge >= 0.3 is 0 Å². The minimum absolute atomic E-state index is 0.428. The molecule has 0 amide bonds. The Kier molecular flexibility index (Phi) is 4.13. The second-order valence-electron chi connectivity index (χ2n) is 5.19. The van der Waals surface area contributed by atoms with Gasteiger partial charge in [0.15, 0.2) is 0 Å². The number of rotatable bonds is 5. The molecule has 3 rings (SSSR count). The molecule has 0 bridgehead atoms. The Hall–Kier alpha value is -1.26. The Labute approximate surface area is 124 Å². The summed E-state index contributed by atoms with van der Waals surface area (Å²) in [4.78, 5) is 7.14. The van der Waals surface area contributed by atoms with Crippen LogP contribution in [0.5, 0.6) is 5.75 Å². The summed E-state index contributed by atoms with van der Waals surface area (Å²) < 4.78 is 7.61. The van der Waals surface area contributed by atoms with Crippen LogP contribution in [-0.4, -0.2) is 41.2 Å². The van der Waals surface area contributed by atoms with Gasteiger partial charge in [-0.3, -0.25) is 0 Å². The van der Waals surface area contributed by atoms with Gasteiger partial charge in [0.2, 0.25) is 0 Å². The van der Waals surface area contributed by atoms with E-state index < -0.39 is 0 Å². The zero-order valence-electron chi connectivity index (χ0n) is 11.8. The van der Waals surface area contributed by atoms with Gasteiger partial charge in [0.1, 0.15) is 17.1 Å². The van der Waals surface area contributed by atoms with E-state index in [1.165, 1.54) is 25.9 Å².